The van der Waals surface area contributed by atoms with E-state index in [1.165, 1.54) is 0 Å². The Morgan fingerprint density at radius 3 is 1.00 bits per heavy atom. The zero-order chi connectivity index (χ0) is 29.8. The van der Waals surface area contributed by atoms with E-state index >= 15 is 0 Å². The Labute approximate surface area is 236 Å². The molecule has 0 aliphatic rings. The molecule has 0 rings (SSSR count). The zero-order valence-corrected chi connectivity index (χ0v) is 23.5. The normalized spacial score (nSPS) is 10.6. The average molecular weight is 575 g/mol. The lowest BCUT2D eigenvalue weighted by atomic mass is 10.2. The molecule has 230 valence electrons. The maximum Gasteiger partial charge on any atom is 0.374 e. The van der Waals surface area contributed by atoms with Crippen LogP contribution in [0.5, 0.6) is 0 Å². The molecule has 0 saturated heterocycles. The summed E-state index contributed by atoms with van der Waals surface area (Å²) < 4.78 is 19.8. The molecule has 0 aromatic rings. The molecule has 0 aromatic carbocycles. The summed E-state index contributed by atoms with van der Waals surface area (Å²) >= 11 is 0. The molecule has 0 fully saturated rings. The van der Waals surface area contributed by atoms with Gasteiger partial charge in [-0.2, -0.15) is 0 Å². The molecule has 12 heteroatoms. The Morgan fingerprint density at radius 1 is 0.375 bits per heavy atom. The molecule has 2 N–H and O–H groups in total. The Balaban J connectivity index is 3.69. The first-order chi connectivity index (χ1) is 19.3. The van der Waals surface area contributed by atoms with Gasteiger partial charge < -0.3 is 29.2 Å². The van der Waals surface area contributed by atoms with Gasteiger partial charge in [-0.05, 0) is 64.2 Å². The summed E-state index contributed by atoms with van der Waals surface area (Å²) in [6.07, 6.45) is 7.46. The highest BCUT2D eigenvalue weighted by atomic mass is 16.5. The van der Waals surface area contributed by atoms with Crippen molar-refractivity contribution >= 4 is 35.4 Å². The highest BCUT2D eigenvalue weighted by Crippen LogP contribution is 2.05. The van der Waals surface area contributed by atoms with Crippen molar-refractivity contribution in [2.75, 3.05) is 39.6 Å². The lowest BCUT2D eigenvalue weighted by Gasteiger charge is -2.06. The minimum absolute atomic E-state index is 0.0416. The lowest BCUT2D eigenvalue weighted by Crippen LogP contribution is -2.20. The van der Waals surface area contributed by atoms with Crippen LogP contribution in [0.15, 0.2) is 0 Å². The van der Waals surface area contributed by atoms with Gasteiger partial charge in [0.15, 0.2) is 0 Å². The third kappa shape index (κ3) is 23.1. The smallest absolute Gasteiger partial charge is 0.374 e. The van der Waals surface area contributed by atoms with Gasteiger partial charge in [0.25, 0.3) is 0 Å². The van der Waals surface area contributed by atoms with Crippen molar-refractivity contribution < 1.29 is 57.9 Å². The number of hydrogen-bond acceptors (Lipinski definition) is 12. The number of esters is 4. The molecule has 0 bridgehead atoms. The van der Waals surface area contributed by atoms with Gasteiger partial charge in [-0.1, -0.05) is 12.8 Å². The minimum Gasteiger partial charge on any atom is -0.466 e. The standard InChI is InChI=1S/C28H46O12/c29-17-7-1-3-9-19-37-25(33)15-13-23(31)27(35)39-21-11-5-6-12-22-40-28(36)24(32)14-16-26(34)38-20-10-4-2-8-18-30/h29-30H,1-22H2. The number of Topliss-reactive ketones (excluding diaryl/α,β-unsaturated/α-hetero) is 2. The molecule has 0 saturated carbocycles. The van der Waals surface area contributed by atoms with Gasteiger partial charge in [-0.3, -0.25) is 19.2 Å². The van der Waals surface area contributed by atoms with Crippen LogP contribution in [0.2, 0.25) is 0 Å². The molecule has 0 heterocycles. The number of carbonyl (C=O) groups is 6. The van der Waals surface area contributed by atoms with Crippen LogP contribution in [0.3, 0.4) is 0 Å². The van der Waals surface area contributed by atoms with Crippen LogP contribution in [-0.2, 0) is 47.7 Å². The maximum atomic E-state index is 11.8. The van der Waals surface area contributed by atoms with Gasteiger partial charge in [0.2, 0.25) is 11.6 Å². The van der Waals surface area contributed by atoms with Gasteiger partial charge in [0.05, 0.1) is 39.3 Å². The van der Waals surface area contributed by atoms with Crippen molar-refractivity contribution in [3.8, 4) is 0 Å². The van der Waals surface area contributed by atoms with Crippen LogP contribution in [0.1, 0.15) is 103 Å². The summed E-state index contributed by atoms with van der Waals surface area (Å²) in [5, 5.41) is 17.4. The van der Waals surface area contributed by atoms with E-state index in [2.05, 4.69) is 0 Å². The highest BCUT2D eigenvalue weighted by molar-refractivity contribution is 6.34. The largest absolute Gasteiger partial charge is 0.466 e. The van der Waals surface area contributed by atoms with Gasteiger partial charge in [0.1, 0.15) is 0 Å². The molecular formula is C28H46O12. The Hall–Kier alpha value is -2.86. The van der Waals surface area contributed by atoms with E-state index in [4.69, 9.17) is 29.2 Å². The molecule has 0 spiro atoms. The van der Waals surface area contributed by atoms with Crippen LogP contribution >= 0.6 is 0 Å². The van der Waals surface area contributed by atoms with Gasteiger partial charge in [-0.15, -0.1) is 0 Å². The summed E-state index contributed by atoms with van der Waals surface area (Å²) in [6, 6.07) is 0. The van der Waals surface area contributed by atoms with Crippen molar-refractivity contribution in [3.05, 3.63) is 0 Å². The highest BCUT2D eigenvalue weighted by Gasteiger charge is 2.18. The van der Waals surface area contributed by atoms with Crippen molar-refractivity contribution in [3.63, 3.8) is 0 Å². The third-order valence-electron chi connectivity index (χ3n) is 5.70. The van der Waals surface area contributed by atoms with Gasteiger partial charge in [0, 0.05) is 26.1 Å². The predicted molar refractivity (Wildman–Crippen MR) is 142 cm³/mol. The maximum absolute atomic E-state index is 11.8. The van der Waals surface area contributed by atoms with Crippen LogP contribution < -0.4 is 0 Å². The number of hydrogen-bond donors (Lipinski definition) is 2. The molecule has 12 nitrogen and oxygen atoms in total. The van der Waals surface area contributed by atoms with Crippen molar-refractivity contribution in [2.45, 2.75) is 103 Å². The predicted octanol–water partition coefficient (Wildman–Crippen LogP) is 2.52. The Kier molecular flexibility index (Phi) is 24.5. The van der Waals surface area contributed by atoms with Crippen molar-refractivity contribution in [1.82, 2.24) is 0 Å². The molecule has 40 heavy (non-hydrogen) atoms. The average Bonchev–Trinajstić information content (AvgIpc) is 2.95. The molecule has 0 atom stereocenters. The Morgan fingerprint density at radius 2 is 0.675 bits per heavy atom. The first kappa shape index (κ1) is 37.1. The fourth-order valence-electron chi connectivity index (χ4n) is 3.33. The molecule has 0 radical (unpaired) electrons. The molecule has 0 aliphatic carbocycles. The fourth-order valence-corrected chi connectivity index (χ4v) is 3.33. The van der Waals surface area contributed by atoms with E-state index in [1.807, 2.05) is 0 Å². The van der Waals surface area contributed by atoms with Crippen LogP contribution in [0.25, 0.3) is 0 Å². The fraction of sp³-hybridized carbons (Fsp3) is 0.786. The number of carbonyl (C=O) groups excluding carboxylic acids is 6. The summed E-state index contributed by atoms with van der Waals surface area (Å²) in [7, 11) is 0. The van der Waals surface area contributed by atoms with Crippen LogP contribution in [-0.4, -0.2) is 85.3 Å². The van der Waals surface area contributed by atoms with E-state index in [0.29, 0.717) is 51.4 Å². The topological polar surface area (TPSA) is 180 Å². The second-order valence-electron chi connectivity index (χ2n) is 9.25. The first-order valence-corrected chi connectivity index (χ1v) is 14.2. The third-order valence-corrected chi connectivity index (χ3v) is 5.70. The van der Waals surface area contributed by atoms with Crippen LogP contribution in [0.4, 0.5) is 0 Å². The summed E-state index contributed by atoms with van der Waals surface area (Å²) in [6.45, 7) is 0.833. The van der Waals surface area contributed by atoms with Gasteiger partial charge >= 0.3 is 23.9 Å². The number of ketones is 2. The van der Waals surface area contributed by atoms with E-state index < -0.39 is 35.4 Å². The quantitative estimate of drug-likeness (QED) is 0.0634. The first-order valence-electron chi connectivity index (χ1n) is 14.2. The molecule has 0 aliphatic heterocycles. The number of aliphatic hydroxyl groups excluding tert-OH is 2. The van der Waals surface area contributed by atoms with E-state index in [0.717, 1.165) is 25.7 Å². The SMILES string of the molecule is O=C(CCC(=O)C(=O)OCCCCCCOC(=O)C(=O)CCC(=O)OCCCCCCO)OCCCCCCO. The van der Waals surface area contributed by atoms with Crippen molar-refractivity contribution in [1.29, 1.82) is 0 Å². The summed E-state index contributed by atoms with van der Waals surface area (Å²) in [5.41, 5.74) is 0. The van der Waals surface area contributed by atoms with Crippen LogP contribution in [0, 0.1) is 0 Å². The van der Waals surface area contributed by atoms with E-state index in [9.17, 15) is 28.8 Å². The monoisotopic (exact) mass is 574 g/mol. The molecule has 0 amide bonds. The number of rotatable bonds is 27. The van der Waals surface area contributed by atoms with Gasteiger partial charge in [-0.25, -0.2) is 9.59 Å². The zero-order valence-electron chi connectivity index (χ0n) is 23.5. The second kappa shape index (κ2) is 26.4. The number of ether oxygens (including phenoxy) is 4. The minimum atomic E-state index is -0.994. The molecule has 0 unspecified atom stereocenters. The summed E-state index contributed by atoms with van der Waals surface area (Å²) in [4.78, 5) is 70.2. The number of aliphatic hydroxyl groups is 2. The van der Waals surface area contributed by atoms with Crippen molar-refractivity contribution in [2.24, 2.45) is 0 Å². The number of unbranched alkanes of at least 4 members (excludes halogenated alkanes) is 9. The lowest BCUT2D eigenvalue weighted by molar-refractivity contribution is -0.155. The molecular weight excluding hydrogens is 528 g/mol. The summed E-state index contributed by atoms with van der Waals surface area (Å²) in [5.74, 6) is -4.68. The van der Waals surface area contributed by atoms with E-state index in [-0.39, 0.29) is 65.3 Å². The second-order valence-corrected chi connectivity index (χ2v) is 9.25. The van der Waals surface area contributed by atoms with E-state index in [1.54, 1.807) is 0 Å². The molecule has 0 aromatic heterocycles. The Bertz CT molecular complexity index is 688.